The second kappa shape index (κ2) is 7.61. The first-order chi connectivity index (χ1) is 8.22. The van der Waals surface area contributed by atoms with Crippen LogP contribution in [0.25, 0.3) is 0 Å². The maximum absolute atomic E-state index is 4.22. The van der Waals surface area contributed by atoms with Gasteiger partial charge in [0, 0.05) is 31.2 Å². The van der Waals surface area contributed by atoms with Crippen molar-refractivity contribution in [2.24, 2.45) is 0 Å². The van der Waals surface area contributed by atoms with Gasteiger partial charge in [0.25, 0.3) is 0 Å². The molecule has 0 radical (unpaired) electrons. The molecule has 0 aliphatic rings. The molecule has 1 unspecified atom stereocenters. The third-order valence-electron chi connectivity index (χ3n) is 3.15. The van der Waals surface area contributed by atoms with Crippen molar-refractivity contribution in [1.82, 2.24) is 14.5 Å². The Morgan fingerprint density at radius 2 is 2.18 bits per heavy atom. The molecule has 0 spiro atoms. The molecular formula is C12H24N4S. The average molecular weight is 256 g/mol. The number of anilines is 1. The maximum Gasteiger partial charge on any atom is 0.134 e. The van der Waals surface area contributed by atoms with Gasteiger partial charge in [0.05, 0.1) is 0 Å². The molecule has 1 aromatic rings. The van der Waals surface area contributed by atoms with Crippen LogP contribution in [0.5, 0.6) is 0 Å². The zero-order valence-electron chi connectivity index (χ0n) is 11.4. The van der Waals surface area contributed by atoms with Crippen molar-refractivity contribution in [2.75, 3.05) is 18.9 Å². The summed E-state index contributed by atoms with van der Waals surface area (Å²) in [5, 5.41) is 8.47. The van der Waals surface area contributed by atoms with E-state index in [1.54, 1.807) is 0 Å². The van der Waals surface area contributed by atoms with Crippen LogP contribution in [0.4, 0.5) is 5.00 Å². The van der Waals surface area contributed by atoms with Crippen LogP contribution in [0, 0.1) is 0 Å². The lowest BCUT2D eigenvalue weighted by atomic mass is 10.2. The average Bonchev–Trinajstić information content (AvgIpc) is 2.80. The van der Waals surface area contributed by atoms with Crippen LogP contribution < -0.4 is 5.32 Å². The van der Waals surface area contributed by atoms with E-state index in [-0.39, 0.29) is 0 Å². The van der Waals surface area contributed by atoms with Crippen molar-refractivity contribution in [1.29, 1.82) is 0 Å². The fourth-order valence-electron chi connectivity index (χ4n) is 1.77. The summed E-state index contributed by atoms with van der Waals surface area (Å²) in [7, 11) is 1.93. The van der Waals surface area contributed by atoms with E-state index >= 15 is 0 Å². The van der Waals surface area contributed by atoms with Crippen LogP contribution in [0.1, 0.15) is 45.7 Å². The van der Waals surface area contributed by atoms with Gasteiger partial charge >= 0.3 is 0 Å². The molecule has 0 saturated heterocycles. The summed E-state index contributed by atoms with van der Waals surface area (Å²) in [6.45, 7) is 8.81. The second-order valence-electron chi connectivity index (χ2n) is 4.38. The first-order valence-corrected chi connectivity index (χ1v) is 7.23. The van der Waals surface area contributed by atoms with E-state index in [0.717, 1.165) is 23.8 Å². The SMILES string of the molecule is CCCCN(Cc1nnsc1NC)C(C)CC. The fourth-order valence-corrected chi connectivity index (χ4v) is 2.29. The Morgan fingerprint density at radius 3 is 2.76 bits per heavy atom. The predicted molar refractivity (Wildman–Crippen MR) is 74.5 cm³/mol. The minimum absolute atomic E-state index is 0.605. The van der Waals surface area contributed by atoms with Gasteiger partial charge < -0.3 is 5.32 Å². The van der Waals surface area contributed by atoms with Crippen molar-refractivity contribution >= 4 is 16.5 Å². The van der Waals surface area contributed by atoms with E-state index in [1.807, 2.05) is 7.05 Å². The van der Waals surface area contributed by atoms with Crippen molar-refractivity contribution in [3.05, 3.63) is 5.69 Å². The monoisotopic (exact) mass is 256 g/mol. The summed E-state index contributed by atoms with van der Waals surface area (Å²) in [6, 6.07) is 0.605. The third kappa shape index (κ3) is 4.24. The Balaban J connectivity index is 2.64. The number of nitrogens with one attached hydrogen (secondary N) is 1. The highest BCUT2D eigenvalue weighted by atomic mass is 32.1. The molecule has 1 rings (SSSR count). The Kier molecular flexibility index (Phi) is 6.44. The van der Waals surface area contributed by atoms with E-state index in [4.69, 9.17) is 0 Å². The molecule has 1 N–H and O–H groups in total. The van der Waals surface area contributed by atoms with Crippen LogP contribution in [-0.4, -0.2) is 34.1 Å². The second-order valence-corrected chi connectivity index (χ2v) is 5.13. The smallest absolute Gasteiger partial charge is 0.134 e. The quantitative estimate of drug-likeness (QED) is 0.776. The number of hydrogen-bond donors (Lipinski definition) is 1. The third-order valence-corrected chi connectivity index (χ3v) is 3.93. The normalized spacial score (nSPS) is 13.0. The van der Waals surface area contributed by atoms with Crippen LogP contribution in [0.3, 0.4) is 0 Å². The number of hydrogen-bond acceptors (Lipinski definition) is 5. The summed E-state index contributed by atoms with van der Waals surface area (Å²) in [6.07, 6.45) is 3.66. The van der Waals surface area contributed by atoms with Gasteiger partial charge in [0.15, 0.2) is 0 Å². The minimum atomic E-state index is 0.605. The molecule has 0 aliphatic heterocycles. The molecular weight excluding hydrogens is 232 g/mol. The molecule has 5 heteroatoms. The zero-order chi connectivity index (χ0) is 12.7. The largest absolute Gasteiger partial charge is 0.377 e. The Labute approximate surface area is 109 Å². The highest BCUT2D eigenvalue weighted by Gasteiger charge is 2.16. The number of aromatic nitrogens is 2. The van der Waals surface area contributed by atoms with Gasteiger partial charge in [0.1, 0.15) is 10.7 Å². The lowest BCUT2D eigenvalue weighted by Crippen LogP contribution is -2.33. The molecule has 98 valence electrons. The Morgan fingerprint density at radius 1 is 1.41 bits per heavy atom. The van der Waals surface area contributed by atoms with Crippen LogP contribution in [-0.2, 0) is 6.54 Å². The van der Waals surface area contributed by atoms with Crippen molar-refractivity contribution in [2.45, 2.75) is 52.6 Å². The number of rotatable bonds is 8. The Bertz CT molecular complexity index is 313. The number of unbranched alkanes of at least 4 members (excludes halogenated alkanes) is 1. The molecule has 0 bridgehead atoms. The lowest BCUT2D eigenvalue weighted by Gasteiger charge is -2.27. The highest BCUT2D eigenvalue weighted by Crippen LogP contribution is 2.20. The standard InChI is InChI=1S/C12H24N4S/c1-5-7-8-16(10(3)6-2)9-11-12(13-4)17-15-14-11/h10,13H,5-9H2,1-4H3. The molecule has 1 atom stereocenters. The highest BCUT2D eigenvalue weighted by molar-refractivity contribution is 7.10. The molecule has 0 amide bonds. The minimum Gasteiger partial charge on any atom is -0.377 e. The molecule has 0 aliphatic carbocycles. The van der Waals surface area contributed by atoms with E-state index in [1.165, 1.54) is 30.8 Å². The van der Waals surface area contributed by atoms with Gasteiger partial charge in [-0.2, -0.15) is 0 Å². The first kappa shape index (κ1) is 14.4. The van der Waals surface area contributed by atoms with E-state index < -0.39 is 0 Å². The summed E-state index contributed by atoms with van der Waals surface area (Å²) in [5.74, 6) is 0. The summed E-state index contributed by atoms with van der Waals surface area (Å²) in [5.41, 5.74) is 1.08. The number of nitrogens with zero attached hydrogens (tertiary/aromatic N) is 3. The van der Waals surface area contributed by atoms with Gasteiger partial charge in [-0.25, -0.2) is 0 Å². The predicted octanol–water partition coefficient (Wildman–Crippen LogP) is 2.98. The molecule has 1 aromatic heterocycles. The molecule has 1 heterocycles. The summed E-state index contributed by atoms with van der Waals surface area (Å²) >= 11 is 1.44. The maximum atomic E-state index is 4.22. The van der Waals surface area contributed by atoms with Crippen molar-refractivity contribution in [3.63, 3.8) is 0 Å². The van der Waals surface area contributed by atoms with Crippen molar-refractivity contribution < 1.29 is 0 Å². The molecule has 0 saturated carbocycles. The van der Waals surface area contributed by atoms with E-state index in [2.05, 4.69) is 40.6 Å². The van der Waals surface area contributed by atoms with E-state index in [9.17, 15) is 0 Å². The summed E-state index contributed by atoms with van der Waals surface area (Å²) in [4.78, 5) is 2.50. The van der Waals surface area contributed by atoms with Crippen LogP contribution in [0.2, 0.25) is 0 Å². The molecule has 17 heavy (non-hydrogen) atoms. The molecule has 4 nitrogen and oxygen atoms in total. The van der Waals surface area contributed by atoms with E-state index in [0.29, 0.717) is 6.04 Å². The van der Waals surface area contributed by atoms with Crippen LogP contribution in [0.15, 0.2) is 0 Å². The van der Waals surface area contributed by atoms with Gasteiger partial charge in [-0.15, -0.1) is 5.10 Å². The lowest BCUT2D eigenvalue weighted by molar-refractivity contribution is 0.190. The van der Waals surface area contributed by atoms with Gasteiger partial charge in [0.2, 0.25) is 0 Å². The fraction of sp³-hybridized carbons (Fsp3) is 0.833. The first-order valence-electron chi connectivity index (χ1n) is 6.45. The molecule has 0 fully saturated rings. The molecule has 0 aromatic carbocycles. The Hall–Kier alpha value is -0.680. The van der Waals surface area contributed by atoms with Gasteiger partial charge in [-0.1, -0.05) is 24.8 Å². The summed E-state index contributed by atoms with van der Waals surface area (Å²) < 4.78 is 4.01. The zero-order valence-corrected chi connectivity index (χ0v) is 12.2. The van der Waals surface area contributed by atoms with Crippen molar-refractivity contribution in [3.8, 4) is 0 Å². The van der Waals surface area contributed by atoms with Crippen LogP contribution >= 0.6 is 11.5 Å². The topological polar surface area (TPSA) is 41.1 Å². The van der Waals surface area contributed by atoms with Gasteiger partial charge in [-0.3, -0.25) is 4.90 Å². The van der Waals surface area contributed by atoms with Gasteiger partial charge in [-0.05, 0) is 26.3 Å².